The van der Waals surface area contributed by atoms with E-state index in [9.17, 15) is 9.18 Å². The van der Waals surface area contributed by atoms with Gasteiger partial charge < -0.3 is 9.64 Å². The first-order valence-corrected chi connectivity index (χ1v) is 6.43. The Morgan fingerprint density at radius 2 is 2.26 bits per heavy atom. The van der Waals surface area contributed by atoms with Crippen LogP contribution in [0.1, 0.15) is 25.1 Å². The molecule has 1 aromatic rings. The SMILES string of the molecule is COCCC(C)N1C(=O)CNC1c1ccccc1F. The zero-order chi connectivity index (χ0) is 13.8. The summed E-state index contributed by atoms with van der Waals surface area (Å²) in [6.45, 7) is 2.78. The molecule has 0 radical (unpaired) electrons. The molecule has 0 saturated carbocycles. The summed E-state index contributed by atoms with van der Waals surface area (Å²) >= 11 is 0. The first kappa shape index (κ1) is 14.0. The number of amides is 1. The highest BCUT2D eigenvalue weighted by atomic mass is 19.1. The minimum Gasteiger partial charge on any atom is -0.385 e. The summed E-state index contributed by atoms with van der Waals surface area (Å²) in [5.74, 6) is -0.296. The van der Waals surface area contributed by atoms with Gasteiger partial charge in [-0.15, -0.1) is 0 Å². The lowest BCUT2D eigenvalue weighted by molar-refractivity contribution is -0.130. The molecule has 5 heteroatoms. The van der Waals surface area contributed by atoms with Crippen LogP contribution in [0.3, 0.4) is 0 Å². The molecule has 0 spiro atoms. The van der Waals surface area contributed by atoms with Crippen LogP contribution in [-0.4, -0.2) is 37.1 Å². The number of rotatable bonds is 5. The first-order chi connectivity index (χ1) is 9.15. The van der Waals surface area contributed by atoms with E-state index in [2.05, 4.69) is 5.32 Å². The maximum atomic E-state index is 13.9. The number of nitrogens with one attached hydrogen (secondary N) is 1. The average Bonchev–Trinajstić information content (AvgIpc) is 2.78. The maximum Gasteiger partial charge on any atom is 0.238 e. The van der Waals surface area contributed by atoms with E-state index >= 15 is 0 Å². The summed E-state index contributed by atoms with van der Waals surface area (Å²) in [5, 5.41) is 3.07. The summed E-state index contributed by atoms with van der Waals surface area (Å²) < 4.78 is 18.9. The van der Waals surface area contributed by atoms with Gasteiger partial charge in [0, 0.05) is 25.3 Å². The van der Waals surface area contributed by atoms with Crippen LogP contribution < -0.4 is 5.32 Å². The first-order valence-electron chi connectivity index (χ1n) is 6.43. The van der Waals surface area contributed by atoms with Gasteiger partial charge in [0.1, 0.15) is 12.0 Å². The number of hydrogen-bond donors (Lipinski definition) is 1. The molecule has 1 aliphatic rings. The Labute approximate surface area is 112 Å². The monoisotopic (exact) mass is 266 g/mol. The maximum absolute atomic E-state index is 13.9. The number of nitrogens with zero attached hydrogens (tertiary/aromatic N) is 1. The standard InChI is InChI=1S/C14H19FN2O2/c1-10(7-8-19-2)17-13(18)9-16-14(17)11-5-3-4-6-12(11)15/h3-6,10,14,16H,7-9H2,1-2H3. The van der Waals surface area contributed by atoms with Crippen molar-refractivity contribution in [3.05, 3.63) is 35.6 Å². The average molecular weight is 266 g/mol. The number of methoxy groups -OCH3 is 1. The summed E-state index contributed by atoms with van der Waals surface area (Å²) in [5.41, 5.74) is 0.512. The largest absolute Gasteiger partial charge is 0.385 e. The van der Waals surface area contributed by atoms with Crippen molar-refractivity contribution in [3.63, 3.8) is 0 Å². The molecule has 1 heterocycles. The summed E-state index contributed by atoms with van der Waals surface area (Å²) in [4.78, 5) is 13.7. The summed E-state index contributed by atoms with van der Waals surface area (Å²) in [6.07, 6.45) is 0.343. The normalized spacial score (nSPS) is 20.9. The Balaban J connectivity index is 2.20. The van der Waals surface area contributed by atoms with Crippen molar-refractivity contribution < 1.29 is 13.9 Å². The molecule has 1 aliphatic heterocycles. The van der Waals surface area contributed by atoms with Crippen LogP contribution in [-0.2, 0) is 9.53 Å². The molecule has 1 amide bonds. The summed E-state index contributed by atoms with van der Waals surface area (Å²) in [6, 6.07) is 6.56. The Kier molecular flexibility index (Phi) is 4.50. The van der Waals surface area contributed by atoms with Crippen LogP contribution in [0.25, 0.3) is 0 Å². The van der Waals surface area contributed by atoms with Gasteiger partial charge in [0.15, 0.2) is 0 Å². The van der Waals surface area contributed by atoms with Gasteiger partial charge in [-0.25, -0.2) is 4.39 Å². The summed E-state index contributed by atoms with van der Waals surface area (Å²) in [7, 11) is 1.63. The molecule has 0 aliphatic carbocycles. The third kappa shape index (κ3) is 2.93. The van der Waals surface area contributed by atoms with Crippen LogP contribution in [0, 0.1) is 5.82 Å². The van der Waals surface area contributed by atoms with Gasteiger partial charge in [0.2, 0.25) is 5.91 Å². The van der Waals surface area contributed by atoms with Crippen molar-refractivity contribution in [2.75, 3.05) is 20.3 Å². The van der Waals surface area contributed by atoms with E-state index in [-0.39, 0.29) is 30.5 Å². The van der Waals surface area contributed by atoms with E-state index in [1.54, 1.807) is 30.2 Å². The van der Waals surface area contributed by atoms with Gasteiger partial charge in [0.25, 0.3) is 0 Å². The van der Waals surface area contributed by atoms with Gasteiger partial charge >= 0.3 is 0 Å². The highest BCUT2D eigenvalue weighted by Crippen LogP contribution is 2.27. The van der Waals surface area contributed by atoms with Crippen LogP contribution in [0.2, 0.25) is 0 Å². The van der Waals surface area contributed by atoms with E-state index in [0.29, 0.717) is 12.2 Å². The molecule has 104 valence electrons. The number of halogens is 1. The van der Waals surface area contributed by atoms with E-state index < -0.39 is 0 Å². The van der Waals surface area contributed by atoms with Crippen LogP contribution >= 0.6 is 0 Å². The fraction of sp³-hybridized carbons (Fsp3) is 0.500. The molecule has 1 aromatic carbocycles. The molecule has 1 N–H and O–H groups in total. The molecule has 0 aromatic heterocycles. The predicted molar refractivity (Wildman–Crippen MR) is 69.9 cm³/mol. The molecule has 2 atom stereocenters. The molecule has 2 unspecified atom stereocenters. The second kappa shape index (κ2) is 6.12. The van der Waals surface area contributed by atoms with E-state index in [1.807, 2.05) is 6.92 Å². The molecule has 19 heavy (non-hydrogen) atoms. The van der Waals surface area contributed by atoms with Gasteiger partial charge in [-0.2, -0.15) is 0 Å². The molecule has 4 nitrogen and oxygen atoms in total. The number of ether oxygens (including phenoxy) is 1. The number of benzene rings is 1. The molecule has 1 saturated heterocycles. The van der Waals surface area contributed by atoms with Crippen molar-refractivity contribution >= 4 is 5.91 Å². The van der Waals surface area contributed by atoms with Gasteiger partial charge in [-0.05, 0) is 19.4 Å². The Hall–Kier alpha value is -1.46. The van der Waals surface area contributed by atoms with E-state index in [1.165, 1.54) is 6.07 Å². The number of hydrogen-bond acceptors (Lipinski definition) is 3. The van der Waals surface area contributed by atoms with Crippen molar-refractivity contribution in [2.24, 2.45) is 0 Å². The van der Waals surface area contributed by atoms with Crippen LogP contribution in [0.5, 0.6) is 0 Å². The van der Waals surface area contributed by atoms with Crippen LogP contribution in [0.15, 0.2) is 24.3 Å². The predicted octanol–water partition coefficient (Wildman–Crippen LogP) is 1.68. The molecule has 0 bridgehead atoms. The fourth-order valence-corrected chi connectivity index (χ4v) is 2.40. The Morgan fingerprint density at radius 3 is 2.95 bits per heavy atom. The zero-order valence-corrected chi connectivity index (χ0v) is 11.2. The Morgan fingerprint density at radius 1 is 1.53 bits per heavy atom. The highest BCUT2D eigenvalue weighted by molar-refractivity contribution is 5.81. The highest BCUT2D eigenvalue weighted by Gasteiger charge is 2.35. The van der Waals surface area contributed by atoms with Gasteiger partial charge in [-0.3, -0.25) is 10.1 Å². The quantitative estimate of drug-likeness (QED) is 0.881. The smallest absolute Gasteiger partial charge is 0.238 e. The number of carbonyl (C=O) groups is 1. The van der Waals surface area contributed by atoms with Crippen LogP contribution in [0.4, 0.5) is 4.39 Å². The van der Waals surface area contributed by atoms with Crippen molar-refractivity contribution in [2.45, 2.75) is 25.6 Å². The van der Waals surface area contributed by atoms with E-state index in [4.69, 9.17) is 4.74 Å². The van der Waals surface area contributed by atoms with E-state index in [0.717, 1.165) is 6.42 Å². The van der Waals surface area contributed by atoms with Gasteiger partial charge in [-0.1, -0.05) is 18.2 Å². The lowest BCUT2D eigenvalue weighted by atomic mass is 10.1. The van der Waals surface area contributed by atoms with Crippen molar-refractivity contribution in [1.82, 2.24) is 10.2 Å². The number of carbonyl (C=O) groups excluding carboxylic acids is 1. The third-order valence-corrected chi connectivity index (χ3v) is 3.43. The van der Waals surface area contributed by atoms with Gasteiger partial charge in [0.05, 0.1) is 6.54 Å². The second-order valence-electron chi connectivity index (χ2n) is 4.74. The molecule has 1 fully saturated rings. The fourth-order valence-electron chi connectivity index (χ4n) is 2.40. The van der Waals surface area contributed by atoms with Crippen molar-refractivity contribution in [1.29, 1.82) is 0 Å². The topological polar surface area (TPSA) is 41.6 Å². The van der Waals surface area contributed by atoms with Crippen molar-refractivity contribution in [3.8, 4) is 0 Å². The zero-order valence-electron chi connectivity index (χ0n) is 11.2. The Bertz CT molecular complexity index is 453. The lowest BCUT2D eigenvalue weighted by Crippen LogP contribution is -2.38. The molecule has 2 rings (SSSR count). The minimum absolute atomic E-state index is 0.00291. The molecular formula is C14H19FN2O2. The second-order valence-corrected chi connectivity index (χ2v) is 4.74. The molecular weight excluding hydrogens is 247 g/mol. The third-order valence-electron chi connectivity index (χ3n) is 3.43. The lowest BCUT2D eigenvalue weighted by Gasteiger charge is -2.30. The minimum atomic E-state index is -0.388.